The van der Waals surface area contributed by atoms with Crippen LogP contribution in [0.1, 0.15) is 37.4 Å². The smallest absolute Gasteiger partial charge is 0.262 e. The zero-order chi connectivity index (χ0) is 31.5. The van der Waals surface area contributed by atoms with Crippen LogP contribution >= 0.6 is 0 Å². The van der Waals surface area contributed by atoms with Crippen molar-refractivity contribution in [3.05, 3.63) is 63.8 Å². The van der Waals surface area contributed by atoms with Crippen LogP contribution in [0.5, 0.6) is 23.0 Å². The minimum Gasteiger partial charge on any atom is -0.493 e. The molecular weight excluding hydrogens is 568 g/mol. The number of fused-ring (bicyclic) bond motifs is 4. The van der Waals surface area contributed by atoms with E-state index in [-0.39, 0.29) is 29.5 Å². The number of benzene rings is 2. The number of carbonyl (C=O) groups excluding carboxylic acids is 3. The number of aryl methyl sites for hydroxylation is 1. The highest BCUT2D eigenvalue weighted by atomic mass is 16.5. The molecule has 3 aromatic carbocycles. The van der Waals surface area contributed by atoms with Gasteiger partial charge in [0.2, 0.25) is 23.0 Å². The normalized spacial score (nSPS) is 15.5. The topological polar surface area (TPSA) is 153 Å². The Morgan fingerprint density at radius 1 is 1.00 bits per heavy atom. The molecule has 0 bridgehead atoms. The zero-order valence-corrected chi connectivity index (χ0v) is 25.1. The monoisotopic (exact) mass is 602 g/mol. The quantitative estimate of drug-likeness (QED) is 0.303. The van der Waals surface area contributed by atoms with E-state index in [0.717, 1.165) is 11.1 Å². The Bertz CT molecular complexity index is 1710. The van der Waals surface area contributed by atoms with E-state index in [1.54, 1.807) is 44.4 Å². The molecule has 2 aliphatic rings. The average molecular weight is 603 g/mol. The fourth-order valence-corrected chi connectivity index (χ4v) is 5.54. The van der Waals surface area contributed by atoms with Gasteiger partial charge in [0.15, 0.2) is 18.1 Å². The number of nitrogens with one attached hydrogen (secondary N) is 4. The molecule has 0 saturated heterocycles. The predicted molar refractivity (Wildman–Crippen MR) is 165 cm³/mol. The van der Waals surface area contributed by atoms with Crippen LogP contribution in [0.4, 0.5) is 17.1 Å². The SMILES string of the molecule is COc1cc2c(c(OC)c1OC)-c1ccc(N[C@@H](C)C(=O)Nc3ccc4c(c3)NC(=O)CO4)c(=O)cc1[C@@H](NC(C)=O)CC2. The van der Waals surface area contributed by atoms with E-state index in [2.05, 4.69) is 21.3 Å². The molecule has 4 N–H and O–H groups in total. The van der Waals surface area contributed by atoms with Gasteiger partial charge in [-0.15, -0.1) is 0 Å². The Morgan fingerprint density at radius 3 is 2.48 bits per heavy atom. The average Bonchev–Trinajstić information content (AvgIpc) is 3.24. The summed E-state index contributed by atoms with van der Waals surface area (Å²) in [4.78, 5) is 50.6. The molecule has 3 aromatic rings. The molecule has 44 heavy (non-hydrogen) atoms. The maximum Gasteiger partial charge on any atom is 0.262 e. The molecule has 0 aromatic heterocycles. The lowest BCUT2D eigenvalue weighted by molar-refractivity contribution is -0.120. The van der Waals surface area contributed by atoms with Crippen LogP contribution < -0.4 is 45.6 Å². The fraction of sp³-hybridized carbons (Fsp3) is 0.312. The number of rotatable bonds is 8. The number of anilines is 3. The second kappa shape index (κ2) is 12.5. The van der Waals surface area contributed by atoms with Gasteiger partial charge in [-0.2, -0.15) is 0 Å². The molecule has 1 heterocycles. The lowest BCUT2D eigenvalue weighted by atomic mass is 9.95. The number of ether oxygens (including phenoxy) is 4. The first kappa shape index (κ1) is 30.2. The van der Waals surface area contributed by atoms with Crippen LogP contribution in [0.25, 0.3) is 11.1 Å². The Morgan fingerprint density at radius 2 is 1.77 bits per heavy atom. The van der Waals surface area contributed by atoms with Crippen molar-refractivity contribution in [2.75, 3.05) is 43.9 Å². The van der Waals surface area contributed by atoms with Crippen molar-refractivity contribution in [1.29, 1.82) is 0 Å². The van der Waals surface area contributed by atoms with E-state index in [0.29, 0.717) is 58.3 Å². The summed E-state index contributed by atoms with van der Waals surface area (Å²) in [5, 5.41) is 11.5. The Balaban J connectivity index is 1.51. The van der Waals surface area contributed by atoms with Crippen molar-refractivity contribution in [3.8, 4) is 34.1 Å². The third-order valence-electron chi connectivity index (χ3n) is 7.56. The second-order valence-electron chi connectivity index (χ2n) is 10.5. The second-order valence-corrected chi connectivity index (χ2v) is 10.5. The van der Waals surface area contributed by atoms with Gasteiger partial charge in [0.05, 0.1) is 38.7 Å². The molecule has 0 saturated carbocycles. The van der Waals surface area contributed by atoms with Crippen LogP contribution in [0.15, 0.2) is 47.3 Å². The minimum atomic E-state index is -0.816. The molecule has 12 nitrogen and oxygen atoms in total. The predicted octanol–water partition coefficient (Wildman–Crippen LogP) is 3.63. The van der Waals surface area contributed by atoms with Gasteiger partial charge in [-0.1, -0.05) is 6.07 Å². The van der Waals surface area contributed by atoms with Crippen LogP contribution in [0.3, 0.4) is 0 Å². The lowest BCUT2D eigenvalue weighted by Crippen LogP contribution is -2.33. The third kappa shape index (κ3) is 5.96. The van der Waals surface area contributed by atoms with Crippen LogP contribution in [-0.4, -0.2) is 51.7 Å². The first-order valence-corrected chi connectivity index (χ1v) is 14.0. The highest BCUT2D eigenvalue weighted by Crippen LogP contribution is 2.50. The Labute approximate surface area is 254 Å². The van der Waals surface area contributed by atoms with Crippen molar-refractivity contribution >= 4 is 34.8 Å². The summed E-state index contributed by atoms with van der Waals surface area (Å²) in [6, 6.07) is 10.4. The van der Waals surface area contributed by atoms with E-state index in [4.69, 9.17) is 18.9 Å². The van der Waals surface area contributed by atoms with Crippen molar-refractivity contribution in [2.45, 2.75) is 38.8 Å². The lowest BCUT2D eigenvalue weighted by Gasteiger charge is -2.19. The molecule has 1 aliphatic carbocycles. The van der Waals surface area contributed by atoms with Gasteiger partial charge >= 0.3 is 0 Å². The minimum absolute atomic E-state index is 0.0687. The largest absolute Gasteiger partial charge is 0.493 e. The third-order valence-corrected chi connectivity index (χ3v) is 7.56. The fourth-order valence-electron chi connectivity index (χ4n) is 5.54. The molecule has 0 radical (unpaired) electrons. The summed E-state index contributed by atoms with van der Waals surface area (Å²) in [5.41, 5.74) is 3.65. The number of amides is 3. The van der Waals surface area contributed by atoms with Gasteiger partial charge in [0.25, 0.3) is 5.91 Å². The summed E-state index contributed by atoms with van der Waals surface area (Å²) >= 11 is 0. The molecular formula is C32H34N4O8. The van der Waals surface area contributed by atoms with Gasteiger partial charge in [0.1, 0.15) is 11.8 Å². The number of methoxy groups -OCH3 is 3. The molecule has 0 fully saturated rings. The summed E-state index contributed by atoms with van der Waals surface area (Å²) in [5.74, 6) is 0.942. The molecule has 2 atom stereocenters. The molecule has 0 spiro atoms. The number of hydrogen-bond acceptors (Lipinski definition) is 9. The highest BCUT2D eigenvalue weighted by molar-refractivity contribution is 5.99. The standard InChI is InChI=1S/C32H34N4O8/c1-16(32(40)35-19-7-11-26-24(13-19)36-28(39)15-44-26)33-23-10-8-20-21(14-25(23)38)22(34-17(2)37)9-6-18-12-27(41-3)30(42-4)31(43-5)29(18)20/h7-8,10-14,16,22H,6,9,15H2,1-5H3,(H,33,38)(H,34,37)(H,35,40)(H,36,39)/t16-,22-/m0/s1. The van der Waals surface area contributed by atoms with Gasteiger partial charge < -0.3 is 40.2 Å². The van der Waals surface area contributed by atoms with E-state index < -0.39 is 18.0 Å². The molecule has 12 heteroatoms. The molecule has 1 aliphatic heterocycles. The maximum atomic E-state index is 13.6. The molecule has 230 valence electrons. The summed E-state index contributed by atoms with van der Waals surface area (Å²) < 4.78 is 22.4. The van der Waals surface area contributed by atoms with Crippen molar-refractivity contribution < 1.29 is 33.3 Å². The number of hydrogen-bond donors (Lipinski definition) is 4. The van der Waals surface area contributed by atoms with Gasteiger partial charge in [-0.05, 0) is 72.9 Å². The first-order valence-electron chi connectivity index (χ1n) is 14.0. The zero-order valence-electron chi connectivity index (χ0n) is 25.1. The van der Waals surface area contributed by atoms with Gasteiger partial charge in [-0.25, -0.2) is 0 Å². The maximum absolute atomic E-state index is 13.6. The molecule has 5 rings (SSSR count). The van der Waals surface area contributed by atoms with Gasteiger partial charge in [0, 0.05) is 18.2 Å². The van der Waals surface area contributed by atoms with Crippen LogP contribution in [0.2, 0.25) is 0 Å². The Kier molecular flexibility index (Phi) is 8.61. The first-order chi connectivity index (χ1) is 21.1. The van der Waals surface area contributed by atoms with E-state index >= 15 is 0 Å². The van der Waals surface area contributed by atoms with Crippen molar-refractivity contribution in [2.24, 2.45) is 0 Å². The van der Waals surface area contributed by atoms with Crippen molar-refractivity contribution in [3.63, 3.8) is 0 Å². The Hall–Kier alpha value is -5.26. The number of carbonyl (C=O) groups is 3. The van der Waals surface area contributed by atoms with Crippen molar-refractivity contribution in [1.82, 2.24) is 5.32 Å². The summed E-state index contributed by atoms with van der Waals surface area (Å²) in [6.07, 6.45) is 1.10. The van der Waals surface area contributed by atoms with E-state index in [1.165, 1.54) is 27.2 Å². The van der Waals surface area contributed by atoms with Crippen LogP contribution in [-0.2, 0) is 20.8 Å². The van der Waals surface area contributed by atoms with E-state index in [1.807, 2.05) is 6.07 Å². The van der Waals surface area contributed by atoms with Crippen LogP contribution in [0, 0.1) is 0 Å². The highest BCUT2D eigenvalue weighted by Gasteiger charge is 2.29. The summed E-state index contributed by atoms with van der Waals surface area (Å²) in [6.45, 7) is 2.99. The molecule has 0 unspecified atom stereocenters. The molecule has 3 amide bonds. The van der Waals surface area contributed by atoms with Gasteiger partial charge in [-0.3, -0.25) is 19.2 Å². The summed E-state index contributed by atoms with van der Waals surface area (Å²) in [7, 11) is 4.60. The van der Waals surface area contributed by atoms with E-state index in [9.17, 15) is 19.2 Å².